The predicted molar refractivity (Wildman–Crippen MR) is 105 cm³/mol. The average Bonchev–Trinajstić information content (AvgIpc) is 3.34. The zero-order chi connectivity index (χ0) is 19.7. The third-order valence-electron chi connectivity index (χ3n) is 5.59. The van der Waals surface area contributed by atoms with E-state index in [2.05, 4.69) is 34.9 Å². The smallest absolute Gasteiger partial charge is 0.338 e. The lowest BCUT2D eigenvalue weighted by Gasteiger charge is -2.32. The summed E-state index contributed by atoms with van der Waals surface area (Å²) in [5, 5.41) is 14.4. The molecule has 4 rings (SSSR count). The number of rotatable bonds is 5. The minimum absolute atomic E-state index is 0.138. The molecule has 7 heteroatoms. The van der Waals surface area contributed by atoms with Gasteiger partial charge < -0.3 is 14.6 Å². The molecular weight excluding hydrogens is 356 g/mol. The molecule has 0 radical (unpaired) electrons. The van der Waals surface area contributed by atoms with Gasteiger partial charge in [0.15, 0.2) is 0 Å². The molecule has 0 bridgehead atoms. The summed E-state index contributed by atoms with van der Waals surface area (Å²) in [5.74, 6) is -0.825. The van der Waals surface area contributed by atoms with Crippen molar-refractivity contribution < 1.29 is 14.7 Å². The maximum atomic E-state index is 12.9. The lowest BCUT2D eigenvalue weighted by Crippen LogP contribution is -2.39. The number of para-hydroxylation sites is 1. The van der Waals surface area contributed by atoms with Gasteiger partial charge in [-0.05, 0) is 31.4 Å². The molecule has 2 aromatic heterocycles. The van der Waals surface area contributed by atoms with Gasteiger partial charge in [-0.1, -0.05) is 18.2 Å². The number of aromatic carboxylic acids is 1. The summed E-state index contributed by atoms with van der Waals surface area (Å²) < 4.78 is 3.90. The molecule has 0 spiro atoms. The van der Waals surface area contributed by atoms with Crippen molar-refractivity contribution in [1.29, 1.82) is 0 Å². The Morgan fingerprint density at radius 3 is 2.61 bits per heavy atom. The van der Waals surface area contributed by atoms with Gasteiger partial charge in [0.25, 0.3) is 0 Å². The van der Waals surface area contributed by atoms with Gasteiger partial charge in [-0.2, -0.15) is 5.10 Å². The first-order valence-corrected chi connectivity index (χ1v) is 9.68. The highest BCUT2D eigenvalue weighted by molar-refractivity contribution is 5.89. The first-order valence-electron chi connectivity index (χ1n) is 9.68. The van der Waals surface area contributed by atoms with E-state index in [0.29, 0.717) is 19.5 Å². The molecule has 0 aliphatic carbocycles. The highest BCUT2D eigenvalue weighted by atomic mass is 16.4. The Bertz CT molecular complexity index is 1010. The molecule has 1 aliphatic heterocycles. The number of aryl methyl sites for hydroxylation is 1. The molecule has 0 atom stereocenters. The first-order chi connectivity index (χ1) is 13.6. The molecule has 146 valence electrons. The molecule has 1 fully saturated rings. The summed E-state index contributed by atoms with van der Waals surface area (Å²) in [6.07, 6.45) is 7.01. The number of aromatic nitrogens is 3. The van der Waals surface area contributed by atoms with Crippen LogP contribution in [0.2, 0.25) is 0 Å². The van der Waals surface area contributed by atoms with E-state index in [1.54, 1.807) is 10.9 Å². The molecule has 7 nitrogen and oxygen atoms in total. The van der Waals surface area contributed by atoms with Gasteiger partial charge in [-0.25, -0.2) is 4.79 Å². The Balaban J connectivity index is 1.41. The highest BCUT2D eigenvalue weighted by Crippen LogP contribution is 2.25. The Kier molecular flexibility index (Phi) is 4.90. The van der Waals surface area contributed by atoms with E-state index in [0.717, 1.165) is 30.3 Å². The number of carbonyl (C=O) groups is 2. The SMILES string of the molecule is CCn1cc(CC(=O)N2CCC(n3cc(C(=O)O)cn3)CC2)c2ccccc21. The van der Waals surface area contributed by atoms with Gasteiger partial charge in [0.2, 0.25) is 5.91 Å². The van der Waals surface area contributed by atoms with Crippen LogP contribution in [0.15, 0.2) is 42.9 Å². The molecule has 28 heavy (non-hydrogen) atoms. The number of piperidine rings is 1. The lowest BCUT2D eigenvalue weighted by molar-refractivity contribution is -0.131. The van der Waals surface area contributed by atoms with Gasteiger partial charge in [-0.3, -0.25) is 9.48 Å². The second-order valence-corrected chi connectivity index (χ2v) is 7.26. The number of amides is 1. The van der Waals surface area contributed by atoms with Crippen LogP contribution in [0.3, 0.4) is 0 Å². The largest absolute Gasteiger partial charge is 0.478 e. The minimum atomic E-state index is -0.967. The van der Waals surface area contributed by atoms with E-state index in [4.69, 9.17) is 5.11 Å². The fourth-order valence-electron chi connectivity index (χ4n) is 4.03. The summed E-state index contributed by atoms with van der Waals surface area (Å²) in [6.45, 7) is 4.31. The third kappa shape index (κ3) is 3.40. The van der Waals surface area contributed by atoms with Crippen LogP contribution in [-0.2, 0) is 17.8 Å². The van der Waals surface area contributed by atoms with Crippen molar-refractivity contribution in [3.8, 4) is 0 Å². The second kappa shape index (κ2) is 7.50. The molecule has 3 aromatic rings. The fraction of sp³-hybridized carbons (Fsp3) is 0.381. The molecule has 0 saturated carbocycles. The number of benzene rings is 1. The summed E-state index contributed by atoms with van der Waals surface area (Å²) in [5.41, 5.74) is 2.44. The van der Waals surface area contributed by atoms with Crippen molar-refractivity contribution in [2.45, 2.75) is 38.8 Å². The van der Waals surface area contributed by atoms with Crippen LogP contribution in [0.25, 0.3) is 10.9 Å². The zero-order valence-electron chi connectivity index (χ0n) is 15.9. The Morgan fingerprint density at radius 2 is 1.93 bits per heavy atom. The Labute approximate surface area is 163 Å². The third-order valence-corrected chi connectivity index (χ3v) is 5.59. The van der Waals surface area contributed by atoms with E-state index in [1.807, 2.05) is 17.0 Å². The molecule has 0 unspecified atom stereocenters. The Hall–Kier alpha value is -3.09. The van der Waals surface area contributed by atoms with Crippen LogP contribution in [0.4, 0.5) is 0 Å². The molecule has 1 amide bonds. The maximum absolute atomic E-state index is 12.9. The molecular formula is C21H24N4O3. The van der Waals surface area contributed by atoms with Gasteiger partial charge in [-0.15, -0.1) is 0 Å². The summed E-state index contributed by atoms with van der Waals surface area (Å²) in [7, 11) is 0. The topological polar surface area (TPSA) is 80.4 Å². The molecule has 1 aliphatic rings. The van der Waals surface area contributed by atoms with Gasteiger partial charge >= 0.3 is 5.97 Å². The van der Waals surface area contributed by atoms with Crippen molar-refractivity contribution in [2.24, 2.45) is 0 Å². The van der Waals surface area contributed by atoms with Gasteiger partial charge in [0.05, 0.1) is 24.2 Å². The van der Waals surface area contributed by atoms with Gasteiger partial charge in [0.1, 0.15) is 0 Å². The summed E-state index contributed by atoms with van der Waals surface area (Å²) >= 11 is 0. The quantitative estimate of drug-likeness (QED) is 0.738. The monoisotopic (exact) mass is 380 g/mol. The van der Waals surface area contributed by atoms with Crippen LogP contribution < -0.4 is 0 Å². The van der Waals surface area contributed by atoms with Crippen molar-refractivity contribution >= 4 is 22.8 Å². The van der Waals surface area contributed by atoms with Crippen LogP contribution >= 0.6 is 0 Å². The first kappa shape index (κ1) is 18.3. The molecule has 1 aromatic carbocycles. The van der Waals surface area contributed by atoms with Crippen LogP contribution in [0.5, 0.6) is 0 Å². The number of carboxylic acid groups (broad SMARTS) is 1. The van der Waals surface area contributed by atoms with E-state index >= 15 is 0 Å². The fourth-order valence-corrected chi connectivity index (χ4v) is 4.03. The number of hydrogen-bond acceptors (Lipinski definition) is 3. The van der Waals surface area contributed by atoms with E-state index in [-0.39, 0.29) is 17.5 Å². The number of carboxylic acids is 1. The van der Waals surface area contributed by atoms with Crippen molar-refractivity contribution in [1.82, 2.24) is 19.2 Å². The average molecular weight is 380 g/mol. The number of hydrogen-bond donors (Lipinski definition) is 1. The standard InChI is InChI=1S/C21H24N4O3/c1-2-23-13-15(18-5-3-4-6-19(18)23)11-20(26)24-9-7-17(8-10-24)25-14-16(12-22-25)21(27)28/h3-6,12-14,17H,2,7-11H2,1H3,(H,27,28). The minimum Gasteiger partial charge on any atom is -0.478 e. The number of fused-ring (bicyclic) bond motifs is 1. The Morgan fingerprint density at radius 1 is 1.18 bits per heavy atom. The highest BCUT2D eigenvalue weighted by Gasteiger charge is 2.25. The van der Waals surface area contributed by atoms with Crippen LogP contribution in [-0.4, -0.2) is 49.3 Å². The molecule has 1 saturated heterocycles. The maximum Gasteiger partial charge on any atom is 0.338 e. The van der Waals surface area contributed by atoms with E-state index in [9.17, 15) is 9.59 Å². The number of carbonyl (C=O) groups excluding carboxylic acids is 1. The lowest BCUT2D eigenvalue weighted by atomic mass is 10.0. The summed E-state index contributed by atoms with van der Waals surface area (Å²) in [4.78, 5) is 25.8. The van der Waals surface area contributed by atoms with Crippen molar-refractivity contribution in [3.63, 3.8) is 0 Å². The zero-order valence-corrected chi connectivity index (χ0v) is 15.9. The molecule has 3 heterocycles. The summed E-state index contributed by atoms with van der Waals surface area (Å²) in [6, 6.07) is 8.34. The molecule has 1 N–H and O–H groups in total. The second-order valence-electron chi connectivity index (χ2n) is 7.26. The normalized spacial score (nSPS) is 15.2. The number of nitrogens with zero attached hydrogens (tertiary/aromatic N) is 4. The van der Waals surface area contributed by atoms with Crippen LogP contribution in [0, 0.1) is 0 Å². The van der Waals surface area contributed by atoms with Crippen LogP contribution in [0.1, 0.15) is 41.7 Å². The number of likely N-dealkylation sites (tertiary alicyclic amines) is 1. The predicted octanol–water partition coefficient (Wildman–Crippen LogP) is 2.96. The van der Waals surface area contributed by atoms with Crippen molar-refractivity contribution in [2.75, 3.05) is 13.1 Å². The van der Waals surface area contributed by atoms with Crippen molar-refractivity contribution in [3.05, 3.63) is 54.0 Å². The van der Waals surface area contributed by atoms with E-state index < -0.39 is 5.97 Å². The van der Waals surface area contributed by atoms with Gasteiger partial charge in [0, 0.05) is 42.9 Å². The van der Waals surface area contributed by atoms with E-state index in [1.165, 1.54) is 11.7 Å².